The van der Waals surface area contributed by atoms with Crippen LogP contribution in [0.5, 0.6) is 11.5 Å². The molecule has 0 heterocycles. The normalized spacial score (nSPS) is 21.0. The Hall–Kier alpha value is -2.29. The van der Waals surface area contributed by atoms with Gasteiger partial charge in [-0.1, -0.05) is 45.9 Å². The van der Waals surface area contributed by atoms with Crippen LogP contribution in [0.25, 0.3) is 0 Å². The molecule has 3 heteroatoms. The monoisotopic (exact) mass is 338 g/mol. The van der Waals surface area contributed by atoms with Gasteiger partial charge < -0.3 is 9.84 Å². The Morgan fingerprint density at radius 1 is 1.08 bits per heavy atom. The molecule has 0 bridgehead atoms. The van der Waals surface area contributed by atoms with Crippen molar-refractivity contribution < 1.29 is 14.6 Å². The van der Waals surface area contributed by atoms with Gasteiger partial charge in [-0.2, -0.15) is 0 Å². The first-order valence-corrected chi connectivity index (χ1v) is 8.91. The Labute approximate surface area is 149 Å². The van der Waals surface area contributed by atoms with Crippen molar-refractivity contribution in [2.75, 3.05) is 0 Å². The van der Waals surface area contributed by atoms with Crippen LogP contribution in [0, 0.1) is 0 Å². The van der Waals surface area contributed by atoms with Gasteiger partial charge in [-0.05, 0) is 59.2 Å². The molecule has 2 aromatic rings. The number of aromatic hydroxyl groups is 1. The Morgan fingerprint density at radius 3 is 2.40 bits per heavy atom. The molecule has 132 valence electrons. The number of fused-ring (bicyclic) bond motifs is 1. The number of carbonyl (C=O) groups is 1. The second-order valence-corrected chi connectivity index (χ2v) is 7.87. The number of benzene rings is 2. The van der Waals surface area contributed by atoms with E-state index in [1.165, 1.54) is 16.7 Å². The minimum Gasteiger partial charge on any atom is -0.508 e. The molecule has 1 aliphatic rings. The predicted molar refractivity (Wildman–Crippen MR) is 99.2 cm³/mol. The summed E-state index contributed by atoms with van der Waals surface area (Å²) >= 11 is 0. The van der Waals surface area contributed by atoms with E-state index in [1.54, 1.807) is 6.07 Å². The second-order valence-electron chi connectivity index (χ2n) is 7.87. The molecular weight excluding hydrogens is 312 g/mol. The third kappa shape index (κ3) is 3.15. The molecular formula is C22H26O3. The van der Waals surface area contributed by atoms with Crippen LogP contribution in [0.2, 0.25) is 0 Å². The SMILES string of the molecule is CCCC(=O)Oc1ccc(C2(C)CC(C)(C)c3ccc(O)cc32)cc1. The number of phenols is 1. The van der Waals surface area contributed by atoms with Crippen LogP contribution in [0.15, 0.2) is 42.5 Å². The maximum atomic E-state index is 11.7. The Bertz CT molecular complexity index is 789. The molecule has 3 rings (SSSR count). The quantitative estimate of drug-likeness (QED) is 0.624. The summed E-state index contributed by atoms with van der Waals surface area (Å²) in [5, 5.41) is 9.98. The minimum absolute atomic E-state index is 0.0457. The number of ether oxygens (including phenoxy) is 1. The van der Waals surface area contributed by atoms with Crippen LogP contribution in [0.1, 0.15) is 63.6 Å². The zero-order valence-electron chi connectivity index (χ0n) is 15.4. The highest BCUT2D eigenvalue weighted by molar-refractivity contribution is 5.72. The van der Waals surface area contributed by atoms with Gasteiger partial charge in [0, 0.05) is 11.8 Å². The molecule has 0 amide bonds. The molecule has 1 aliphatic carbocycles. The van der Waals surface area contributed by atoms with E-state index in [1.807, 2.05) is 43.3 Å². The highest BCUT2D eigenvalue weighted by Gasteiger charge is 2.45. The van der Waals surface area contributed by atoms with Gasteiger partial charge in [0.1, 0.15) is 11.5 Å². The molecule has 2 aromatic carbocycles. The summed E-state index contributed by atoms with van der Waals surface area (Å²) in [5.74, 6) is 0.686. The summed E-state index contributed by atoms with van der Waals surface area (Å²) in [4.78, 5) is 11.7. The first-order chi connectivity index (χ1) is 11.8. The molecule has 0 spiro atoms. The van der Waals surface area contributed by atoms with E-state index in [0.29, 0.717) is 17.9 Å². The number of carbonyl (C=O) groups excluding carboxylic acids is 1. The van der Waals surface area contributed by atoms with E-state index in [9.17, 15) is 9.90 Å². The van der Waals surface area contributed by atoms with E-state index in [0.717, 1.165) is 12.8 Å². The van der Waals surface area contributed by atoms with Gasteiger partial charge in [-0.15, -0.1) is 0 Å². The Kier molecular flexibility index (Phi) is 4.36. The van der Waals surface area contributed by atoms with Crippen molar-refractivity contribution in [3.63, 3.8) is 0 Å². The number of hydrogen-bond acceptors (Lipinski definition) is 3. The van der Waals surface area contributed by atoms with E-state index < -0.39 is 0 Å². The van der Waals surface area contributed by atoms with Crippen LogP contribution in [0.3, 0.4) is 0 Å². The van der Waals surface area contributed by atoms with Crippen molar-refractivity contribution in [1.82, 2.24) is 0 Å². The van der Waals surface area contributed by atoms with Crippen molar-refractivity contribution in [3.05, 3.63) is 59.2 Å². The van der Waals surface area contributed by atoms with Crippen molar-refractivity contribution in [3.8, 4) is 11.5 Å². The molecule has 1 atom stereocenters. The molecule has 25 heavy (non-hydrogen) atoms. The van der Waals surface area contributed by atoms with Crippen molar-refractivity contribution in [2.24, 2.45) is 0 Å². The van der Waals surface area contributed by atoms with Gasteiger partial charge in [-0.3, -0.25) is 4.79 Å². The van der Waals surface area contributed by atoms with Gasteiger partial charge in [0.25, 0.3) is 0 Å². The fourth-order valence-corrected chi connectivity index (χ4v) is 4.19. The average molecular weight is 338 g/mol. The summed E-state index contributed by atoms with van der Waals surface area (Å²) in [6.07, 6.45) is 2.18. The van der Waals surface area contributed by atoms with E-state index in [2.05, 4.69) is 20.8 Å². The van der Waals surface area contributed by atoms with Crippen LogP contribution in [-0.2, 0) is 15.6 Å². The molecule has 0 aromatic heterocycles. The van der Waals surface area contributed by atoms with E-state index in [-0.39, 0.29) is 16.8 Å². The number of rotatable bonds is 4. The topological polar surface area (TPSA) is 46.5 Å². The highest BCUT2D eigenvalue weighted by Crippen LogP contribution is 2.53. The fourth-order valence-electron chi connectivity index (χ4n) is 4.19. The largest absolute Gasteiger partial charge is 0.508 e. The standard InChI is InChI=1S/C22H26O3/c1-5-6-20(24)25-17-10-7-15(8-11-17)22(4)14-21(2,3)18-12-9-16(23)13-19(18)22/h7-13,23H,5-6,14H2,1-4H3. The zero-order chi connectivity index (χ0) is 18.2. The van der Waals surface area contributed by atoms with E-state index >= 15 is 0 Å². The molecule has 0 saturated heterocycles. The van der Waals surface area contributed by atoms with Gasteiger partial charge in [0.2, 0.25) is 0 Å². The molecule has 0 fully saturated rings. The molecule has 0 radical (unpaired) electrons. The molecule has 0 aliphatic heterocycles. The predicted octanol–water partition coefficient (Wildman–Crippen LogP) is 5.09. The lowest BCUT2D eigenvalue weighted by Crippen LogP contribution is -2.23. The lowest BCUT2D eigenvalue weighted by Gasteiger charge is -2.28. The maximum absolute atomic E-state index is 11.7. The smallest absolute Gasteiger partial charge is 0.311 e. The summed E-state index contributed by atoms with van der Waals surface area (Å²) in [6.45, 7) is 8.67. The summed E-state index contributed by atoms with van der Waals surface area (Å²) < 4.78 is 5.36. The van der Waals surface area contributed by atoms with Crippen LogP contribution in [0.4, 0.5) is 0 Å². The Balaban J connectivity index is 1.94. The number of esters is 1. The molecule has 0 saturated carbocycles. The summed E-state index contributed by atoms with van der Waals surface area (Å²) in [7, 11) is 0. The summed E-state index contributed by atoms with van der Waals surface area (Å²) in [5.41, 5.74) is 3.49. The van der Waals surface area contributed by atoms with Gasteiger partial charge >= 0.3 is 5.97 Å². The first kappa shape index (κ1) is 17.5. The molecule has 1 N–H and O–H groups in total. The lowest BCUT2D eigenvalue weighted by atomic mass is 9.75. The average Bonchev–Trinajstić information content (AvgIpc) is 2.75. The molecule has 1 unspecified atom stereocenters. The second kappa shape index (κ2) is 6.21. The lowest BCUT2D eigenvalue weighted by molar-refractivity contribution is -0.134. The zero-order valence-corrected chi connectivity index (χ0v) is 15.4. The van der Waals surface area contributed by atoms with Gasteiger partial charge in [0.05, 0.1) is 0 Å². The van der Waals surface area contributed by atoms with Crippen molar-refractivity contribution in [2.45, 2.75) is 57.8 Å². The Morgan fingerprint density at radius 2 is 1.76 bits per heavy atom. The highest BCUT2D eigenvalue weighted by atomic mass is 16.5. The number of hydrogen-bond donors (Lipinski definition) is 1. The number of phenolic OH excluding ortho intramolecular Hbond substituents is 1. The van der Waals surface area contributed by atoms with E-state index in [4.69, 9.17) is 4.74 Å². The maximum Gasteiger partial charge on any atom is 0.311 e. The van der Waals surface area contributed by atoms with Crippen LogP contribution in [-0.4, -0.2) is 11.1 Å². The molecule has 3 nitrogen and oxygen atoms in total. The third-order valence-electron chi connectivity index (χ3n) is 5.30. The van der Waals surface area contributed by atoms with Crippen molar-refractivity contribution >= 4 is 5.97 Å². The van der Waals surface area contributed by atoms with Gasteiger partial charge in [0.15, 0.2) is 0 Å². The minimum atomic E-state index is -0.196. The van der Waals surface area contributed by atoms with Crippen LogP contribution < -0.4 is 4.74 Å². The fraction of sp³-hybridized carbons (Fsp3) is 0.409. The van der Waals surface area contributed by atoms with Gasteiger partial charge in [-0.25, -0.2) is 0 Å². The van der Waals surface area contributed by atoms with Crippen molar-refractivity contribution in [1.29, 1.82) is 0 Å². The third-order valence-corrected chi connectivity index (χ3v) is 5.30. The van der Waals surface area contributed by atoms with Crippen LogP contribution >= 0.6 is 0 Å². The summed E-state index contributed by atoms with van der Waals surface area (Å²) in [6, 6.07) is 13.5. The first-order valence-electron chi connectivity index (χ1n) is 8.91.